The summed E-state index contributed by atoms with van der Waals surface area (Å²) in [5.74, 6) is 0.643. The van der Waals surface area contributed by atoms with E-state index in [1.54, 1.807) is 6.07 Å². The van der Waals surface area contributed by atoms with Gasteiger partial charge in [-0.05, 0) is 30.7 Å². The molecule has 0 aliphatic heterocycles. The number of hydrogen-bond donors (Lipinski definition) is 1. The first-order valence-corrected chi connectivity index (χ1v) is 8.90. The second-order valence-electron chi connectivity index (χ2n) is 4.91. The summed E-state index contributed by atoms with van der Waals surface area (Å²) in [5, 5.41) is 12.2. The predicted molar refractivity (Wildman–Crippen MR) is 94.0 cm³/mol. The molecule has 3 rings (SSSR count). The molecule has 3 aromatic rings. The van der Waals surface area contributed by atoms with Crippen LogP contribution >= 0.6 is 23.1 Å². The van der Waals surface area contributed by atoms with Crippen molar-refractivity contribution < 1.29 is 13.9 Å². The molecule has 1 N–H and O–H groups in total. The third-order valence-corrected chi connectivity index (χ3v) is 5.13. The number of esters is 1. The highest BCUT2D eigenvalue weighted by Crippen LogP contribution is 2.31. The summed E-state index contributed by atoms with van der Waals surface area (Å²) in [5.41, 5.74) is 2.58. The molecule has 2 aromatic heterocycles. The summed E-state index contributed by atoms with van der Waals surface area (Å²) in [7, 11) is 1.35. The van der Waals surface area contributed by atoms with Crippen molar-refractivity contribution in [2.75, 3.05) is 12.4 Å². The first kappa shape index (κ1) is 16.5. The molecule has 0 saturated carbocycles. The van der Waals surface area contributed by atoms with E-state index in [0.717, 1.165) is 15.2 Å². The van der Waals surface area contributed by atoms with E-state index in [-0.39, 0.29) is 0 Å². The minimum absolute atomic E-state index is 0.404. The lowest BCUT2D eigenvalue weighted by Crippen LogP contribution is -2.02. The first-order valence-electron chi connectivity index (χ1n) is 7.10. The lowest BCUT2D eigenvalue weighted by molar-refractivity contribution is 0.0598. The monoisotopic (exact) mass is 361 g/mol. The number of rotatable bonds is 6. The number of carbonyl (C=O) groups excluding carboxylic acids is 1. The topological polar surface area (TPSA) is 77.2 Å². The molecule has 0 fully saturated rings. The number of thioether (sulfide) groups is 1. The highest BCUT2D eigenvalue weighted by Gasteiger charge is 2.16. The number of aromatic nitrogens is 2. The molecule has 2 heterocycles. The van der Waals surface area contributed by atoms with Gasteiger partial charge in [0.2, 0.25) is 5.13 Å². The van der Waals surface area contributed by atoms with Gasteiger partial charge in [-0.3, -0.25) is 0 Å². The Bertz CT molecular complexity index is 844. The lowest BCUT2D eigenvalue weighted by atomic mass is 10.2. The molecule has 1 aromatic carbocycles. The number of carbonyl (C=O) groups is 1. The number of nitrogens with one attached hydrogen (secondary N) is 1. The van der Waals surface area contributed by atoms with Crippen LogP contribution in [0.15, 0.2) is 45.4 Å². The number of furan rings is 1. The van der Waals surface area contributed by atoms with Gasteiger partial charge in [-0.1, -0.05) is 35.2 Å². The van der Waals surface area contributed by atoms with Crippen molar-refractivity contribution in [3.63, 3.8) is 0 Å². The molecule has 0 spiro atoms. The Morgan fingerprint density at radius 2 is 2.25 bits per heavy atom. The van der Waals surface area contributed by atoms with Crippen LogP contribution < -0.4 is 5.32 Å². The van der Waals surface area contributed by atoms with Gasteiger partial charge in [-0.25, -0.2) is 4.79 Å². The van der Waals surface area contributed by atoms with Crippen LogP contribution in [0.1, 0.15) is 21.7 Å². The van der Waals surface area contributed by atoms with Crippen molar-refractivity contribution >= 4 is 39.9 Å². The van der Waals surface area contributed by atoms with Crippen molar-refractivity contribution in [2.24, 2.45) is 0 Å². The lowest BCUT2D eigenvalue weighted by Gasteiger charge is -2.02. The van der Waals surface area contributed by atoms with E-state index < -0.39 is 5.97 Å². The molecule has 0 bridgehead atoms. The van der Waals surface area contributed by atoms with Crippen LogP contribution in [0.2, 0.25) is 0 Å². The molecule has 0 saturated heterocycles. The fourth-order valence-corrected chi connectivity index (χ4v) is 3.76. The van der Waals surface area contributed by atoms with Crippen LogP contribution in [0.3, 0.4) is 0 Å². The summed E-state index contributed by atoms with van der Waals surface area (Å²) >= 11 is 2.91. The van der Waals surface area contributed by atoms with Gasteiger partial charge in [0.15, 0.2) is 4.34 Å². The fourth-order valence-electron chi connectivity index (χ4n) is 2.04. The van der Waals surface area contributed by atoms with Gasteiger partial charge >= 0.3 is 5.97 Å². The van der Waals surface area contributed by atoms with E-state index in [1.165, 1.54) is 42.0 Å². The molecule has 124 valence electrons. The number of anilines is 2. The van der Waals surface area contributed by atoms with Crippen LogP contribution in [0, 0.1) is 6.92 Å². The molecule has 0 amide bonds. The van der Waals surface area contributed by atoms with Crippen molar-refractivity contribution in [2.45, 2.75) is 17.0 Å². The number of aryl methyl sites for hydroxylation is 1. The maximum atomic E-state index is 11.6. The average Bonchev–Trinajstić information content (AvgIpc) is 3.21. The second-order valence-corrected chi connectivity index (χ2v) is 7.11. The quantitative estimate of drug-likeness (QED) is 0.519. The SMILES string of the molecule is COC(=O)c1ccoc1CSc1nnc(Nc2cccc(C)c2)s1. The van der Waals surface area contributed by atoms with Crippen LogP contribution in [-0.4, -0.2) is 23.3 Å². The Morgan fingerprint density at radius 3 is 3.04 bits per heavy atom. The van der Waals surface area contributed by atoms with E-state index in [1.807, 2.05) is 31.2 Å². The largest absolute Gasteiger partial charge is 0.468 e. The summed E-state index contributed by atoms with van der Waals surface area (Å²) in [6, 6.07) is 9.65. The number of hydrogen-bond acceptors (Lipinski definition) is 8. The summed E-state index contributed by atoms with van der Waals surface area (Å²) in [6.45, 7) is 2.04. The number of benzene rings is 1. The molecule has 8 heteroatoms. The van der Waals surface area contributed by atoms with Crippen LogP contribution in [0.25, 0.3) is 0 Å². The van der Waals surface area contributed by atoms with E-state index in [2.05, 4.69) is 15.5 Å². The highest BCUT2D eigenvalue weighted by molar-refractivity contribution is 8.00. The number of methoxy groups -OCH3 is 1. The van der Waals surface area contributed by atoms with E-state index in [0.29, 0.717) is 17.1 Å². The van der Waals surface area contributed by atoms with Gasteiger partial charge in [0, 0.05) is 5.69 Å². The maximum Gasteiger partial charge on any atom is 0.341 e. The maximum absolute atomic E-state index is 11.6. The van der Waals surface area contributed by atoms with Gasteiger partial charge in [0.05, 0.1) is 19.1 Å². The summed E-state index contributed by atoms with van der Waals surface area (Å²) in [6.07, 6.45) is 1.48. The van der Waals surface area contributed by atoms with Gasteiger partial charge in [0.1, 0.15) is 11.3 Å². The van der Waals surface area contributed by atoms with E-state index in [9.17, 15) is 4.79 Å². The Kier molecular flexibility index (Phi) is 5.17. The first-order chi connectivity index (χ1) is 11.7. The highest BCUT2D eigenvalue weighted by atomic mass is 32.2. The van der Waals surface area contributed by atoms with Gasteiger partial charge in [-0.15, -0.1) is 10.2 Å². The van der Waals surface area contributed by atoms with E-state index >= 15 is 0 Å². The number of ether oxygens (including phenoxy) is 1. The fraction of sp³-hybridized carbons (Fsp3) is 0.188. The minimum atomic E-state index is -0.404. The van der Waals surface area contributed by atoms with Crippen LogP contribution in [0.4, 0.5) is 10.8 Å². The zero-order valence-corrected chi connectivity index (χ0v) is 14.7. The molecular formula is C16H15N3O3S2. The molecule has 0 aliphatic carbocycles. The molecule has 0 radical (unpaired) electrons. The Labute approximate surface area is 147 Å². The van der Waals surface area contributed by atoms with Crippen molar-refractivity contribution in [1.29, 1.82) is 0 Å². The Balaban J connectivity index is 1.62. The predicted octanol–water partition coefficient (Wildman–Crippen LogP) is 4.26. The third kappa shape index (κ3) is 3.95. The van der Waals surface area contributed by atoms with Gasteiger partial charge < -0.3 is 14.5 Å². The molecule has 0 unspecified atom stereocenters. The normalized spacial score (nSPS) is 10.6. The van der Waals surface area contributed by atoms with Crippen LogP contribution in [-0.2, 0) is 10.5 Å². The smallest absolute Gasteiger partial charge is 0.341 e. The Morgan fingerprint density at radius 1 is 1.38 bits per heavy atom. The Hall–Kier alpha value is -2.32. The van der Waals surface area contributed by atoms with Crippen molar-refractivity contribution in [1.82, 2.24) is 10.2 Å². The van der Waals surface area contributed by atoms with Crippen LogP contribution in [0.5, 0.6) is 0 Å². The standard InChI is InChI=1S/C16H15N3O3S2/c1-10-4-3-5-11(8-10)17-15-18-19-16(24-15)23-9-13-12(6-7-22-13)14(20)21-2/h3-8H,9H2,1-2H3,(H,17,18). The zero-order valence-electron chi connectivity index (χ0n) is 13.1. The van der Waals surface area contributed by atoms with Crippen molar-refractivity contribution in [3.05, 3.63) is 53.5 Å². The third-order valence-electron chi connectivity index (χ3n) is 3.15. The second kappa shape index (κ2) is 7.50. The number of nitrogens with zero attached hydrogens (tertiary/aromatic N) is 2. The molecule has 24 heavy (non-hydrogen) atoms. The van der Waals surface area contributed by atoms with Gasteiger partial charge in [-0.2, -0.15) is 0 Å². The molecule has 0 aliphatic rings. The van der Waals surface area contributed by atoms with Crippen molar-refractivity contribution in [3.8, 4) is 0 Å². The summed E-state index contributed by atoms with van der Waals surface area (Å²) in [4.78, 5) is 11.6. The zero-order chi connectivity index (χ0) is 16.9. The van der Waals surface area contributed by atoms with E-state index in [4.69, 9.17) is 9.15 Å². The minimum Gasteiger partial charge on any atom is -0.468 e. The summed E-state index contributed by atoms with van der Waals surface area (Å²) < 4.78 is 10.9. The molecule has 0 atom stereocenters. The van der Waals surface area contributed by atoms with Gasteiger partial charge in [0.25, 0.3) is 0 Å². The average molecular weight is 361 g/mol. The molecular weight excluding hydrogens is 346 g/mol. The molecule has 6 nitrogen and oxygen atoms in total.